The van der Waals surface area contributed by atoms with E-state index in [-0.39, 0.29) is 37.2 Å². The van der Waals surface area contributed by atoms with E-state index in [0.717, 1.165) is 76.1 Å². The number of carbonyl (C=O) groups is 7. The molecule has 0 aliphatic rings. The number of ether oxygens (including phenoxy) is 4. The summed E-state index contributed by atoms with van der Waals surface area (Å²) in [5.41, 5.74) is -0.211. The summed E-state index contributed by atoms with van der Waals surface area (Å²) in [6.45, 7) is 1.58. The van der Waals surface area contributed by atoms with Crippen LogP contribution in [0, 0.1) is 0 Å². The zero-order valence-corrected chi connectivity index (χ0v) is 23.7. The fraction of sp³-hybridized carbons (Fsp3) is 0.552. The Hall–Kier alpha value is -3.97. The van der Waals surface area contributed by atoms with Gasteiger partial charge in [-0.3, -0.25) is 19.2 Å². The number of benzene rings is 1. The topological polar surface area (TPSA) is 197 Å². The van der Waals surface area contributed by atoms with Crippen molar-refractivity contribution < 1.29 is 62.7 Å². The molecule has 1 aromatic rings. The minimum atomic E-state index is -1.50. The van der Waals surface area contributed by atoms with Gasteiger partial charge in [-0.2, -0.15) is 0 Å². The van der Waals surface area contributed by atoms with Crippen LogP contribution in [-0.2, 0) is 42.9 Å². The summed E-state index contributed by atoms with van der Waals surface area (Å²) in [6.07, 6.45) is 4.52. The van der Waals surface area contributed by atoms with Crippen LogP contribution >= 0.6 is 0 Å². The number of rotatable bonds is 19. The quantitative estimate of drug-likeness (QED) is 0.103. The van der Waals surface area contributed by atoms with Crippen LogP contribution in [0.1, 0.15) is 105 Å². The van der Waals surface area contributed by atoms with E-state index in [9.17, 15) is 33.6 Å². The molecule has 1 unspecified atom stereocenters. The van der Waals surface area contributed by atoms with Crippen LogP contribution in [0.4, 0.5) is 0 Å². The summed E-state index contributed by atoms with van der Waals surface area (Å²) in [6, 6.07) is 4.56. The maximum atomic E-state index is 12.1. The van der Waals surface area contributed by atoms with Gasteiger partial charge in [0.25, 0.3) is 0 Å². The van der Waals surface area contributed by atoms with Crippen molar-refractivity contribution in [3.63, 3.8) is 0 Å². The molecule has 232 valence electrons. The highest BCUT2D eigenvalue weighted by atomic mass is 16.6. The van der Waals surface area contributed by atoms with Crippen LogP contribution in [0.5, 0.6) is 0 Å². The van der Waals surface area contributed by atoms with Gasteiger partial charge in [0.2, 0.25) is 0 Å². The first-order valence-corrected chi connectivity index (χ1v) is 13.8. The molecule has 13 heteroatoms. The molecule has 0 amide bonds. The Kier molecular flexibility index (Phi) is 17.9. The second-order valence-electron chi connectivity index (χ2n) is 9.34. The molecule has 1 atom stereocenters. The maximum Gasteiger partial charge on any atom is 0.345 e. The summed E-state index contributed by atoms with van der Waals surface area (Å²) in [5.74, 6) is -6.93. The molecule has 0 spiro atoms. The molecule has 0 fully saturated rings. The molecule has 0 radical (unpaired) electrons. The number of carbonyl (C=O) groups excluding carboxylic acids is 7. The van der Waals surface area contributed by atoms with E-state index in [1.165, 1.54) is 0 Å². The molecule has 2 N–H and O–H groups in total. The van der Waals surface area contributed by atoms with Crippen molar-refractivity contribution in [1.29, 1.82) is 0 Å². The van der Waals surface area contributed by atoms with Crippen LogP contribution in [0.25, 0.3) is 0 Å². The van der Waals surface area contributed by atoms with Gasteiger partial charge in [-0.1, -0.05) is 38.5 Å². The fourth-order valence-electron chi connectivity index (χ4n) is 3.36. The van der Waals surface area contributed by atoms with Gasteiger partial charge < -0.3 is 29.2 Å². The first-order valence-electron chi connectivity index (χ1n) is 13.8. The minimum Gasteiger partial charge on any atom is -0.466 e. The predicted molar refractivity (Wildman–Crippen MR) is 144 cm³/mol. The second-order valence-corrected chi connectivity index (χ2v) is 9.34. The smallest absolute Gasteiger partial charge is 0.345 e. The number of aliphatic hydroxyl groups excluding tert-OH is 2. The average molecular weight is 595 g/mol. The van der Waals surface area contributed by atoms with Crippen molar-refractivity contribution in [3.05, 3.63) is 35.4 Å². The predicted octanol–water partition coefficient (Wildman–Crippen LogP) is 2.72. The second kappa shape index (κ2) is 20.8. The van der Waals surface area contributed by atoms with Crippen LogP contribution in [0.2, 0.25) is 0 Å². The Bertz CT molecular complexity index is 1060. The third-order valence-corrected chi connectivity index (χ3v) is 5.71. The Balaban J connectivity index is 2.21. The molecular formula is C29H38O13. The lowest BCUT2D eigenvalue weighted by Crippen LogP contribution is -2.23. The molecule has 0 aliphatic carbocycles. The SMILES string of the molecule is CC(O)C(=O)OC(=O)c1ccc(C(=O)OC(=O)CCC(=O)OC(=O)CCC(=O)OCCCCCCCCCCO)cc1. The molecule has 0 heterocycles. The first kappa shape index (κ1) is 36.1. The Morgan fingerprint density at radius 2 is 1.00 bits per heavy atom. The normalized spacial score (nSPS) is 11.2. The summed E-state index contributed by atoms with van der Waals surface area (Å²) < 4.78 is 18.6. The van der Waals surface area contributed by atoms with Gasteiger partial charge in [0, 0.05) is 6.61 Å². The average Bonchev–Trinajstić information content (AvgIpc) is 2.95. The van der Waals surface area contributed by atoms with E-state index in [2.05, 4.69) is 14.2 Å². The maximum absolute atomic E-state index is 12.1. The summed E-state index contributed by atoms with van der Waals surface area (Å²) in [4.78, 5) is 82.4. The van der Waals surface area contributed by atoms with E-state index in [1.807, 2.05) is 0 Å². The monoisotopic (exact) mass is 594 g/mol. The van der Waals surface area contributed by atoms with Gasteiger partial charge in [-0.25, -0.2) is 14.4 Å². The molecule has 0 bridgehead atoms. The molecule has 0 saturated carbocycles. The first-order chi connectivity index (χ1) is 20.0. The van der Waals surface area contributed by atoms with Crippen molar-refractivity contribution in [3.8, 4) is 0 Å². The lowest BCUT2D eigenvalue weighted by molar-refractivity contribution is -0.162. The molecule has 13 nitrogen and oxygen atoms in total. The summed E-state index contributed by atoms with van der Waals surface area (Å²) in [5, 5.41) is 17.8. The van der Waals surface area contributed by atoms with Crippen molar-refractivity contribution >= 4 is 41.8 Å². The number of unbranched alkanes of at least 4 members (excludes halogenated alkanes) is 7. The summed E-state index contributed by atoms with van der Waals surface area (Å²) >= 11 is 0. The van der Waals surface area contributed by atoms with Gasteiger partial charge in [0.05, 0.1) is 43.4 Å². The highest BCUT2D eigenvalue weighted by Crippen LogP contribution is 2.11. The van der Waals surface area contributed by atoms with Crippen molar-refractivity contribution in [2.24, 2.45) is 0 Å². The van der Waals surface area contributed by atoms with Gasteiger partial charge in [-0.15, -0.1) is 0 Å². The standard InChI is InChI=1S/C29H38O13/c1-20(31)27(36)42-29(38)22-12-10-21(11-13-22)28(37)41-26(35)17-16-25(34)40-24(33)15-14-23(32)39-19-9-7-5-3-2-4-6-8-18-30/h10-13,20,30-31H,2-9,14-19H2,1H3. The Morgan fingerprint density at radius 1 is 0.595 bits per heavy atom. The third-order valence-electron chi connectivity index (χ3n) is 5.71. The van der Waals surface area contributed by atoms with Gasteiger partial charge >= 0.3 is 41.8 Å². The highest BCUT2D eigenvalue weighted by molar-refractivity contribution is 6.00. The molecule has 0 aliphatic heterocycles. The van der Waals surface area contributed by atoms with Gasteiger partial charge in [0.1, 0.15) is 6.10 Å². The van der Waals surface area contributed by atoms with Crippen molar-refractivity contribution in [2.45, 2.75) is 90.1 Å². The molecule has 1 rings (SSSR count). The Morgan fingerprint density at radius 3 is 1.48 bits per heavy atom. The molecule has 0 aromatic heterocycles. The van der Waals surface area contributed by atoms with Crippen LogP contribution in [-0.4, -0.2) is 71.3 Å². The number of hydrogen-bond donors (Lipinski definition) is 2. The van der Waals surface area contributed by atoms with Crippen molar-refractivity contribution in [2.75, 3.05) is 13.2 Å². The van der Waals surface area contributed by atoms with Gasteiger partial charge in [-0.05, 0) is 44.0 Å². The van der Waals surface area contributed by atoms with E-state index < -0.39 is 60.7 Å². The van der Waals surface area contributed by atoms with Crippen LogP contribution in [0.3, 0.4) is 0 Å². The number of aliphatic hydroxyl groups is 2. The number of esters is 7. The lowest BCUT2D eigenvalue weighted by atomic mass is 10.1. The molecular weight excluding hydrogens is 556 g/mol. The number of hydrogen-bond acceptors (Lipinski definition) is 13. The Labute approximate surface area is 243 Å². The van der Waals surface area contributed by atoms with Crippen molar-refractivity contribution in [1.82, 2.24) is 0 Å². The zero-order chi connectivity index (χ0) is 31.3. The lowest BCUT2D eigenvalue weighted by Gasteiger charge is -2.06. The van der Waals surface area contributed by atoms with Crippen LogP contribution in [0.15, 0.2) is 24.3 Å². The summed E-state index contributed by atoms with van der Waals surface area (Å²) in [7, 11) is 0. The zero-order valence-electron chi connectivity index (χ0n) is 23.7. The van der Waals surface area contributed by atoms with E-state index >= 15 is 0 Å². The van der Waals surface area contributed by atoms with E-state index in [1.54, 1.807) is 0 Å². The minimum absolute atomic E-state index is 0.0968. The van der Waals surface area contributed by atoms with E-state index in [0.29, 0.717) is 6.42 Å². The molecule has 0 saturated heterocycles. The van der Waals surface area contributed by atoms with Gasteiger partial charge in [0.15, 0.2) is 0 Å². The fourth-order valence-corrected chi connectivity index (χ4v) is 3.36. The third kappa shape index (κ3) is 16.3. The molecule has 42 heavy (non-hydrogen) atoms. The van der Waals surface area contributed by atoms with Crippen LogP contribution < -0.4 is 0 Å². The molecule has 1 aromatic carbocycles. The highest BCUT2D eigenvalue weighted by Gasteiger charge is 2.20. The largest absolute Gasteiger partial charge is 0.466 e. The van der Waals surface area contributed by atoms with E-state index in [4.69, 9.17) is 14.9 Å².